The molecule has 3 heterocycles. The summed E-state index contributed by atoms with van der Waals surface area (Å²) in [6.07, 6.45) is 4.53. The van der Waals surface area contributed by atoms with E-state index >= 15 is 0 Å². The topological polar surface area (TPSA) is 93.0 Å². The zero-order valence-corrected chi connectivity index (χ0v) is 21.4. The van der Waals surface area contributed by atoms with E-state index in [4.69, 9.17) is 28.2 Å². The van der Waals surface area contributed by atoms with Gasteiger partial charge in [-0.15, -0.1) is 0 Å². The Morgan fingerprint density at radius 2 is 1.86 bits per heavy atom. The van der Waals surface area contributed by atoms with E-state index in [1.165, 1.54) is 12.6 Å². The summed E-state index contributed by atoms with van der Waals surface area (Å²) in [5.74, 6) is 1.40. The van der Waals surface area contributed by atoms with E-state index in [0.717, 1.165) is 24.1 Å². The SMILES string of the molecule is CS(=O)(=O)N1CCCC(CNc2ncnc3c2nc(-c2ccccc2Cl)n3-c2ccc(Cl)cc2)C1. The van der Waals surface area contributed by atoms with Crippen LogP contribution in [-0.4, -0.2) is 58.1 Å². The van der Waals surface area contributed by atoms with Gasteiger partial charge in [0, 0.05) is 35.9 Å². The monoisotopic (exact) mass is 530 g/mol. The van der Waals surface area contributed by atoms with Crippen molar-refractivity contribution in [2.24, 2.45) is 5.92 Å². The van der Waals surface area contributed by atoms with Crippen molar-refractivity contribution in [3.8, 4) is 17.1 Å². The zero-order chi connectivity index (χ0) is 24.6. The minimum Gasteiger partial charge on any atom is -0.368 e. The van der Waals surface area contributed by atoms with Crippen LogP contribution in [0.1, 0.15) is 12.8 Å². The Kier molecular flexibility index (Phi) is 6.67. The molecule has 11 heteroatoms. The van der Waals surface area contributed by atoms with E-state index in [1.807, 2.05) is 53.1 Å². The molecule has 1 aliphatic heterocycles. The first-order chi connectivity index (χ1) is 16.8. The van der Waals surface area contributed by atoms with E-state index in [0.29, 0.717) is 52.5 Å². The normalized spacial score (nSPS) is 17.1. The zero-order valence-electron chi connectivity index (χ0n) is 19.0. The first kappa shape index (κ1) is 24.0. The molecule has 0 radical (unpaired) electrons. The molecule has 1 unspecified atom stereocenters. The van der Waals surface area contributed by atoms with Crippen LogP contribution in [0.4, 0.5) is 5.82 Å². The highest BCUT2D eigenvalue weighted by molar-refractivity contribution is 7.88. The lowest BCUT2D eigenvalue weighted by atomic mass is 10.00. The van der Waals surface area contributed by atoms with Crippen LogP contribution in [0.5, 0.6) is 0 Å². The summed E-state index contributed by atoms with van der Waals surface area (Å²) in [4.78, 5) is 13.9. The Morgan fingerprint density at radius 1 is 1.09 bits per heavy atom. The molecular weight excluding hydrogens is 507 g/mol. The number of hydrogen-bond acceptors (Lipinski definition) is 6. The maximum absolute atomic E-state index is 12.0. The molecule has 0 saturated carbocycles. The van der Waals surface area contributed by atoms with Gasteiger partial charge in [0.15, 0.2) is 17.0 Å². The molecule has 1 atom stereocenters. The molecule has 0 spiro atoms. The summed E-state index contributed by atoms with van der Waals surface area (Å²) in [7, 11) is -3.20. The van der Waals surface area contributed by atoms with Crippen molar-refractivity contribution in [3.63, 3.8) is 0 Å². The molecule has 2 aromatic carbocycles. The number of rotatable bonds is 6. The van der Waals surface area contributed by atoms with Gasteiger partial charge in [-0.1, -0.05) is 35.3 Å². The molecule has 1 fully saturated rings. The van der Waals surface area contributed by atoms with Gasteiger partial charge in [0.25, 0.3) is 0 Å². The number of nitrogens with zero attached hydrogens (tertiary/aromatic N) is 5. The highest BCUT2D eigenvalue weighted by Gasteiger charge is 2.26. The molecule has 182 valence electrons. The minimum absolute atomic E-state index is 0.171. The van der Waals surface area contributed by atoms with Gasteiger partial charge in [0.2, 0.25) is 10.0 Å². The van der Waals surface area contributed by atoms with Gasteiger partial charge >= 0.3 is 0 Å². The fourth-order valence-corrected chi connectivity index (χ4v) is 5.70. The number of halogens is 2. The van der Waals surface area contributed by atoms with E-state index in [-0.39, 0.29) is 5.92 Å². The van der Waals surface area contributed by atoms with Crippen molar-refractivity contribution in [1.29, 1.82) is 0 Å². The van der Waals surface area contributed by atoms with Crippen LogP contribution >= 0.6 is 23.2 Å². The van der Waals surface area contributed by atoms with Crippen LogP contribution in [0.2, 0.25) is 10.0 Å². The number of sulfonamides is 1. The van der Waals surface area contributed by atoms with Gasteiger partial charge in [-0.3, -0.25) is 4.57 Å². The lowest BCUT2D eigenvalue weighted by Crippen LogP contribution is -2.41. The predicted molar refractivity (Wildman–Crippen MR) is 140 cm³/mol. The van der Waals surface area contributed by atoms with E-state index in [1.54, 1.807) is 4.31 Å². The van der Waals surface area contributed by atoms with E-state index in [9.17, 15) is 8.42 Å². The molecule has 1 aliphatic rings. The fraction of sp³-hybridized carbons (Fsp3) is 0.292. The average Bonchev–Trinajstić information content (AvgIpc) is 3.23. The summed E-state index contributed by atoms with van der Waals surface area (Å²) < 4.78 is 27.5. The first-order valence-electron chi connectivity index (χ1n) is 11.2. The number of anilines is 1. The average molecular weight is 531 g/mol. The smallest absolute Gasteiger partial charge is 0.211 e. The van der Waals surface area contributed by atoms with Gasteiger partial charge in [-0.05, 0) is 55.2 Å². The molecule has 5 rings (SSSR count). The summed E-state index contributed by atoms with van der Waals surface area (Å²) in [5, 5.41) is 4.60. The van der Waals surface area contributed by atoms with Crippen molar-refractivity contribution in [2.75, 3.05) is 31.2 Å². The van der Waals surface area contributed by atoms with Gasteiger partial charge in [-0.25, -0.2) is 27.7 Å². The molecule has 4 aromatic rings. The third kappa shape index (κ3) is 4.99. The third-order valence-corrected chi connectivity index (χ3v) is 8.00. The molecule has 1 N–H and O–H groups in total. The number of imidazole rings is 1. The largest absolute Gasteiger partial charge is 0.368 e. The fourth-order valence-electron chi connectivity index (χ4n) is 4.42. The predicted octanol–water partition coefficient (Wildman–Crippen LogP) is 4.87. The van der Waals surface area contributed by atoms with Crippen LogP contribution in [0.3, 0.4) is 0 Å². The molecule has 0 aliphatic carbocycles. The molecule has 0 bridgehead atoms. The summed E-state index contributed by atoms with van der Waals surface area (Å²) >= 11 is 12.7. The van der Waals surface area contributed by atoms with Crippen molar-refractivity contribution in [2.45, 2.75) is 12.8 Å². The first-order valence-corrected chi connectivity index (χ1v) is 13.8. The Morgan fingerprint density at radius 3 is 2.60 bits per heavy atom. The quantitative estimate of drug-likeness (QED) is 0.382. The van der Waals surface area contributed by atoms with Gasteiger partial charge < -0.3 is 5.32 Å². The van der Waals surface area contributed by atoms with Gasteiger partial charge in [0.1, 0.15) is 12.2 Å². The molecule has 35 heavy (non-hydrogen) atoms. The second-order valence-corrected chi connectivity index (χ2v) is 11.5. The second kappa shape index (κ2) is 9.73. The number of fused-ring (bicyclic) bond motifs is 1. The molecule has 8 nitrogen and oxygen atoms in total. The molecular formula is C24H24Cl2N6O2S. The van der Waals surface area contributed by atoms with E-state index in [2.05, 4.69) is 15.3 Å². The van der Waals surface area contributed by atoms with Crippen molar-refractivity contribution in [1.82, 2.24) is 23.8 Å². The summed E-state index contributed by atoms with van der Waals surface area (Å²) in [6.45, 7) is 1.64. The Bertz CT molecular complexity index is 1470. The van der Waals surface area contributed by atoms with Crippen LogP contribution in [-0.2, 0) is 10.0 Å². The molecule has 1 saturated heterocycles. The van der Waals surface area contributed by atoms with Gasteiger partial charge in [-0.2, -0.15) is 0 Å². The van der Waals surface area contributed by atoms with Crippen molar-refractivity contribution in [3.05, 3.63) is 64.9 Å². The third-order valence-electron chi connectivity index (χ3n) is 6.15. The number of nitrogens with one attached hydrogen (secondary N) is 1. The molecule has 0 amide bonds. The number of hydrogen-bond donors (Lipinski definition) is 1. The maximum Gasteiger partial charge on any atom is 0.211 e. The molecule has 2 aromatic heterocycles. The summed E-state index contributed by atoms with van der Waals surface area (Å²) in [6, 6.07) is 15.0. The number of aromatic nitrogens is 4. The van der Waals surface area contributed by atoms with Crippen LogP contribution < -0.4 is 5.32 Å². The van der Waals surface area contributed by atoms with Crippen LogP contribution in [0.15, 0.2) is 54.9 Å². The Balaban J connectivity index is 1.54. The number of piperidine rings is 1. The maximum atomic E-state index is 12.0. The number of benzene rings is 2. The van der Waals surface area contributed by atoms with Crippen molar-refractivity contribution >= 4 is 50.2 Å². The minimum atomic E-state index is -3.20. The van der Waals surface area contributed by atoms with Crippen LogP contribution in [0, 0.1) is 5.92 Å². The Labute approximate surface area is 214 Å². The van der Waals surface area contributed by atoms with Crippen molar-refractivity contribution < 1.29 is 8.42 Å². The Hall–Kier alpha value is -2.72. The lowest BCUT2D eigenvalue weighted by Gasteiger charge is -2.31. The van der Waals surface area contributed by atoms with Crippen LogP contribution in [0.25, 0.3) is 28.2 Å². The standard InChI is InChI=1S/C24H24Cl2N6O2S/c1-35(33,34)31-12-4-5-16(14-31)13-27-22-21-24(29-15-28-22)32(18-10-8-17(25)9-11-18)23(30-21)19-6-2-3-7-20(19)26/h2-3,6-11,15-16H,4-5,12-14H2,1H3,(H,27,28,29). The van der Waals surface area contributed by atoms with E-state index < -0.39 is 10.0 Å². The lowest BCUT2D eigenvalue weighted by molar-refractivity contribution is 0.276. The van der Waals surface area contributed by atoms with Gasteiger partial charge in [0.05, 0.1) is 11.3 Å². The second-order valence-electron chi connectivity index (χ2n) is 8.63. The highest BCUT2D eigenvalue weighted by atomic mass is 35.5. The highest BCUT2D eigenvalue weighted by Crippen LogP contribution is 2.34. The summed E-state index contributed by atoms with van der Waals surface area (Å²) in [5.41, 5.74) is 2.84.